The summed E-state index contributed by atoms with van der Waals surface area (Å²) < 4.78 is 14.3. The van der Waals surface area contributed by atoms with Gasteiger partial charge in [0, 0.05) is 27.8 Å². The zero-order chi connectivity index (χ0) is 15.6. The molecule has 0 aromatic heterocycles. The van der Waals surface area contributed by atoms with Crippen LogP contribution in [0.4, 0.5) is 10.1 Å². The van der Waals surface area contributed by atoms with Gasteiger partial charge in [-0.2, -0.15) is 0 Å². The van der Waals surface area contributed by atoms with Gasteiger partial charge in [-0.25, -0.2) is 4.39 Å². The van der Waals surface area contributed by atoms with Crippen LogP contribution < -0.4 is 0 Å². The summed E-state index contributed by atoms with van der Waals surface area (Å²) in [6, 6.07) is 15.2. The van der Waals surface area contributed by atoms with Gasteiger partial charge in [-0.05, 0) is 30.2 Å². The summed E-state index contributed by atoms with van der Waals surface area (Å²) >= 11 is 1.71. The molecule has 0 N–H and O–H groups in total. The Balaban J connectivity index is 1.79. The number of halogens is 1. The summed E-state index contributed by atoms with van der Waals surface area (Å²) in [6.45, 7) is 0. The maximum Gasteiger partial charge on any atom is 0.127 e. The molecular weight excluding hydrogens is 305 g/mol. The van der Waals surface area contributed by atoms with Crippen molar-refractivity contribution in [3.63, 3.8) is 0 Å². The summed E-state index contributed by atoms with van der Waals surface area (Å²) in [7, 11) is 0. The van der Waals surface area contributed by atoms with E-state index in [-0.39, 0.29) is 11.1 Å². The van der Waals surface area contributed by atoms with Crippen LogP contribution in [0.3, 0.4) is 0 Å². The predicted octanol–water partition coefficient (Wildman–Crippen LogP) is 6.02. The van der Waals surface area contributed by atoms with Gasteiger partial charge in [0.15, 0.2) is 0 Å². The van der Waals surface area contributed by atoms with E-state index < -0.39 is 0 Å². The molecule has 1 aliphatic heterocycles. The topological polar surface area (TPSA) is 12.4 Å². The molecule has 0 radical (unpaired) electrons. The Morgan fingerprint density at radius 1 is 1.04 bits per heavy atom. The van der Waals surface area contributed by atoms with Crippen LogP contribution in [0.15, 0.2) is 82.2 Å². The van der Waals surface area contributed by atoms with E-state index in [2.05, 4.69) is 24.3 Å². The number of nitrogens with zero attached hydrogens (tertiary/aromatic N) is 1. The number of para-hydroxylation sites is 1. The minimum absolute atomic E-state index is 0.0418. The number of thioether (sulfide) groups is 1. The first-order chi connectivity index (χ1) is 11.3. The van der Waals surface area contributed by atoms with Crippen molar-refractivity contribution < 1.29 is 4.39 Å². The third-order valence-electron chi connectivity index (χ3n) is 4.16. The van der Waals surface area contributed by atoms with E-state index in [1.54, 1.807) is 23.9 Å². The molecule has 3 heteroatoms. The van der Waals surface area contributed by atoms with Crippen molar-refractivity contribution in [1.29, 1.82) is 0 Å². The van der Waals surface area contributed by atoms with Gasteiger partial charge < -0.3 is 0 Å². The quantitative estimate of drug-likeness (QED) is 0.658. The second kappa shape index (κ2) is 6.17. The highest BCUT2D eigenvalue weighted by Gasteiger charge is 2.25. The van der Waals surface area contributed by atoms with Crippen molar-refractivity contribution in [2.75, 3.05) is 0 Å². The zero-order valence-corrected chi connectivity index (χ0v) is 13.4. The van der Waals surface area contributed by atoms with E-state index in [0.29, 0.717) is 0 Å². The molecule has 0 amide bonds. The van der Waals surface area contributed by atoms with Crippen LogP contribution in [0.25, 0.3) is 0 Å². The molecule has 1 heterocycles. The minimum atomic E-state index is -0.137. The first-order valence-corrected chi connectivity index (χ1v) is 8.63. The van der Waals surface area contributed by atoms with Crippen LogP contribution in [-0.2, 0) is 0 Å². The van der Waals surface area contributed by atoms with Crippen LogP contribution in [0.2, 0.25) is 0 Å². The Kier molecular flexibility index (Phi) is 3.88. The molecule has 114 valence electrons. The summed E-state index contributed by atoms with van der Waals surface area (Å²) in [5.41, 5.74) is 4.05. The monoisotopic (exact) mass is 321 g/mol. The third kappa shape index (κ3) is 2.89. The molecule has 1 atom stereocenters. The molecule has 2 aromatic rings. The number of aliphatic imine (C=N–C) groups is 1. The maximum absolute atomic E-state index is 14.3. The minimum Gasteiger partial charge on any atom is -0.252 e. The summed E-state index contributed by atoms with van der Waals surface area (Å²) in [6.07, 6.45) is 7.99. The van der Waals surface area contributed by atoms with E-state index in [1.165, 1.54) is 5.57 Å². The van der Waals surface area contributed by atoms with Crippen LogP contribution in [-0.4, -0.2) is 5.71 Å². The standard InChI is InChI=1S/C20H16FNS/c21-16-10-4-3-9-15(16)20-13-18(14-7-1-2-8-14)22-17-11-5-6-12-19(17)23-20/h1-7,9-12,20H,8,13H2. The van der Waals surface area contributed by atoms with Crippen LogP contribution in [0.1, 0.15) is 23.7 Å². The van der Waals surface area contributed by atoms with Crippen molar-refractivity contribution in [3.8, 4) is 0 Å². The van der Waals surface area contributed by atoms with Gasteiger partial charge in [0.1, 0.15) is 5.82 Å². The van der Waals surface area contributed by atoms with E-state index in [4.69, 9.17) is 4.99 Å². The molecule has 0 bridgehead atoms. The first-order valence-electron chi connectivity index (χ1n) is 7.75. The Bertz CT molecular complexity index is 835. The Morgan fingerprint density at radius 2 is 1.87 bits per heavy atom. The molecule has 2 aliphatic rings. The van der Waals surface area contributed by atoms with E-state index in [0.717, 1.165) is 34.7 Å². The summed E-state index contributed by atoms with van der Waals surface area (Å²) in [4.78, 5) is 6.00. The molecule has 1 aliphatic carbocycles. The van der Waals surface area contributed by atoms with E-state index in [9.17, 15) is 4.39 Å². The van der Waals surface area contributed by atoms with Gasteiger partial charge in [0.05, 0.1) is 5.69 Å². The smallest absolute Gasteiger partial charge is 0.127 e. The van der Waals surface area contributed by atoms with Crippen LogP contribution in [0, 0.1) is 5.82 Å². The molecule has 1 unspecified atom stereocenters. The molecule has 23 heavy (non-hydrogen) atoms. The molecule has 0 saturated carbocycles. The molecular formula is C20H16FNS. The normalized spacial score (nSPS) is 19.8. The Hall–Kier alpha value is -2.13. The highest BCUT2D eigenvalue weighted by molar-refractivity contribution is 7.99. The largest absolute Gasteiger partial charge is 0.252 e. The fraction of sp³-hybridized carbons (Fsp3) is 0.150. The molecule has 0 saturated heterocycles. The van der Waals surface area contributed by atoms with Gasteiger partial charge in [-0.3, -0.25) is 4.99 Å². The van der Waals surface area contributed by atoms with Gasteiger partial charge in [0.25, 0.3) is 0 Å². The fourth-order valence-corrected chi connectivity index (χ4v) is 4.24. The number of benzene rings is 2. The lowest BCUT2D eigenvalue weighted by Crippen LogP contribution is -2.07. The molecule has 0 fully saturated rings. The molecule has 2 aromatic carbocycles. The number of fused-ring (bicyclic) bond motifs is 1. The van der Waals surface area contributed by atoms with Crippen molar-refractivity contribution in [2.24, 2.45) is 4.99 Å². The van der Waals surface area contributed by atoms with Gasteiger partial charge >= 0.3 is 0 Å². The van der Waals surface area contributed by atoms with Gasteiger partial charge in [-0.15, -0.1) is 11.8 Å². The SMILES string of the molecule is Fc1ccccc1C1CC(C2=CC=CC2)=Nc2ccccc2S1. The lowest BCUT2D eigenvalue weighted by Gasteiger charge is -2.17. The highest BCUT2D eigenvalue weighted by atomic mass is 32.2. The van der Waals surface area contributed by atoms with E-state index in [1.807, 2.05) is 30.3 Å². The Labute approximate surface area is 139 Å². The van der Waals surface area contributed by atoms with E-state index >= 15 is 0 Å². The zero-order valence-electron chi connectivity index (χ0n) is 12.6. The van der Waals surface area contributed by atoms with Crippen LogP contribution >= 0.6 is 11.8 Å². The lowest BCUT2D eigenvalue weighted by molar-refractivity contribution is 0.609. The van der Waals surface area contributed by atoms with Crippen molar-refractivity contribution >= 4 is 23.2 Å². The number of rotatable bonds is 2. The lowest BCUT2D eigenvalue weighted by atomic mass is 10.0. The number of hydrogen-bond donors (Lipinski definition) is 0. The molecule has 4 rings (SSSR count). The maximum atomic E-state index is 14.3. The van der Waals surface area contributed by atoms with Crippen LogP contribution in [0.5, 0.6) is 0 Å². The molecule has 0 spiro atoms. The second-order valence-corrected chi connectivity index (χ2v) is 6.93. The molecule has 1 nitrogen and oxygen atoms in total. The highest BCUT2D eigenvalue weighted by Crippen LogP contribution is 2.46. The third-order valence-corrected chi connectivity index (χ3v) is 5.47. The van der Waals surface area contributed by atoms with Gasteiger partial charge in [0.2, 0.25) is 0 Å². The average molecular weight is 321 g/mol. The van der Waals surface area contributed by atoms with Crippen molar-refractivity contribution in [3.05, 3.63) is 83.7 Å². The number of allylic oxidation sites excluding steroid dienone is 4. The number of hydrogen-bond acceptors (Lipinski definition) is 2. The summed E-state index contributed by atoms with van der Waals surface area (Å²) in [5.74, 6) is -0.137. The Morgan fingerprint density at radius 3 is 2.70 bits per heavy atom. The fourth-order valence-electron chi connectivity index (χ4n) is 2.98. The second-order valence-electron chi connectivity index (χ2n) is 5.68. The van der Waals surface area contributed by atoms with Gasteiger partial charge in [-0.1, -0.05) is 48.6 Å². The predicted molar refractivity (Wildman–Crippen MR) is 95.0 cm³/mol. The van der Waals surface area contributed by atoms with Crippen molar-refractivity contribution in [1.82, 2.24) is 0 Å². The summed E-state index contributed by atoms with van der Waals surface area (Å²) in [5, 5.41) is 0.0418. The van der Waals surface area contributed by atoms with Crippen molar-refractivity contribution in [2.45, 2.75) is 23.0 Å². The first kappa shape index (κ1) is 14.5. The average Bonchev–Trinajstić information content (AvgIpc) is 3.03.